The van der Waals surface area contributed by atoms with Crippen LogP contribution in [0, 0.1) is 23.2 Å². The van der Waals surface area contributed by atoms with E-state index in [2.05, 4.69) is 6.58 Å². The van der Waals surface area contributed by atoms with Crippen LogP contribution in [-0.2, 0) is 66.8 Å². The lowest BCUT2D eigenvalue weighted by Gasteiger charge is -2.42. The molecule has 0 aliphatic heterocycles. The molecule has 0 radical (unpaired) electrons. The molecule has 14 heteroatoms. The molecule has 2 aliphatic carbocycles. The molecular weight excluding hydrogens is 644 g/mol. The zero-order valence-electron chi connectivity index (χ0n) is 30.0. The third-order valence-corrected chi connectivity index (χ3v) is 8.49. The number of fused-ring (bicyclic) bond motifs is 1. The molecule has 8 atom stereocenters. The molecule has 1 fully saturated rings. The Morgan fingerprint density at radius 3 is 1.82 bits per heavy atom. The minimum absolute atomic E-state index is 0.207. The van der Waals surface area contributed by atoms with Gasteiger partial charge in [-0.05, 0) is 20.8 Å². The quantitative estimate of drug-likeness (QED) is 0.204. The van der Waals surface area contributed by atoms with Crippen LogP contribution >= 0.6 is 0 Å². The summed E-state index contributed by atoms with van der Waals surface area (Å²) < 4.78 is 34.5. The average molecular weight is 693 g/mol. The first-order valence-corrected chi connectivity index (χ1v) is 16.0. The molecule has 2 aliphatic rings. The van der Waals surface area contributed by atoms with Crippen LogP contribution in [0.4, 0.5) is 0 Å². The first kappa shape index (κ1) is 40.8. The molecule has 0 spiro atoms. The van der Waals surface area contributed by atoms with Crippen LogP contribution in [0.15, 0.2) is 24.3 Å². The number of rotatable bonds is 8. The number of ether oxygens (including phenoxy) is 6. The van der Waals surface area contributed by atoms with Gasteiger partial charge in [-0.15, -0.1) is 0 Å². The van der Waals surface area contributed by atoms with E-state index in [-0.39, 0.29) is 12.0 Å². The maximum absolute atomic E-state index is 14.7. The Labute approximate surface area is 286 Å². The molecule has 0 N–H and O–H groups in total. The van der Waals surface area contributed by atoms with Crippen molar-refractivity contribution in [3.8, 4) is 0 Å². The predicted molar refractivity (Wildman–Crippen MR) is 170 cm³/mol. The molecule has 272 valence electrons. The second-order valence-corrected chi connectivity index (χ2v) is 13.6. The lowest BCUT2D eigenvalue weighted by atomic mass is 9.72. The van der Waals surface area contributed by atoms with Crippen LogP contribution in [0.1, 0.15) is 89.0 Å². The van der Waals surface area contributed by atoms with Crippen molar-refractivity contribution in [3.05, 3.63) is 24.3 Å². The van der Waals surface area contributed by atoms with Gasteiger partial charge in [0.15, 0.2) is 35.0 Å². The van der Waals surface area contributed by atoms with Crippen molar-refractivity contribution in [2.24, 2.45) is 23.2 Å². The van der Waals surface area contributed by atoms with Crippen molar-refractivity contribution in [3.63, 3.8) is 0 Å². The van der Waals surface area contributed by atoms with Crippen LogP contribution in [-0.4, -0.2) is 83.0 Å². The Kier molecular flexibility index (Phi) is 12.9. The fourth-order valence-corrected chi connectivity index (χ4v) is 6.33. The van der Waals surface area contributed by atoms with E-state index in [9.17, 15) is 38.4 Å². The summed E-state index contributed by atoms with van der Waals surface area (Å²) >= 11 is 0. The van der Waals surface area contributed by atoms with E-state index in [0.29, 0.717) is 0 Å². The van der Waals surface area contributed by atoms with Crippen molar-refractivity contribution in [2.45, 2.75) is 125 Å². The average Bonchev–Trinajstić information content (AvgIpc) is 3.19. The van der Waals surface area contributed by atoms with Crippen molar-refractivity contribution in [1.82, 2.24) is 0 Å². The van der Waals surface area contributed by atoms with Gasteiger partial charge in [0, 0.05) is 57.4 Å². The molecule has 2 rings (SSSR count). The monoisotopic (exact) mass is 692 g/mol. The normalized spacial score (nSPS) is 32.0. The van der Waals surface area contributed by atoms with Crippen molar-refractivity contribution in [2.75, 3.05) is 0 Å². The Bertz CT molecular complexity index is 1420. The van der Waals surface area contributed by atoms with Crippen molar-refractivity contribution < 1.29 is 66.8 Å². The van der Waals surface area contributed by atoms with Crippen LogP contribution in [0.2, 0.25) is 0 Å². The summed E-state index contributed by atoms with van der Waals surface area (Å²) in [6, 6.07) is 0. The maximum Gasteiger partial charge on any atom is 0.309 e. The lowest BCUT2D eigenvalue weighted by Crippen LogP contribution is -2.58. The topological polar surface area (TPSA) is 192 Å². The Morgan fingerprint density at radius 1 is 0.796 bits per heavy atom. The zero-order valence-corrected chi connectivity index (χ0v) is 30.0. The first-order chi connectivity index (χ1) is 22.4. The Balaban J connectivity index is 3.23. The van der Waals surface area contributed by atoms with Crippen molar-refractivity contribution >= 4 is 47.4 Å². The molecular formula is C35H48O14. The third-order valence-electron chi connectivity index (χ3n) is 8.49. The van der Waals surface area contributed by atoms with E-state index in [1.807, 2.05) is 0 Å². The summed E-state index contributed by atoms with van der Waals surface area (Å²) in [6.45, 7) is 18.5. The van der Waals surface area contributed by atoms with Gasteiger partial charge < -0.3 is 28.4 Å². The fraction of sp³-hybridized carbons (Fsp3) is 0.657. The van der Waals surface area contributed by atoms with Crippen LogP contribution in [0.3, 0.4) is 0 Å². The molecule has 0 aromatic rings. The number of ketones is 2. The molecule has 14 nitrogen and oxygen atoms in total. The molecule has 0 unspecified atom stereocenters. The van der Waals surface area contributed by atoms with Gasteiger partial charge in [0.25, 0.3) is 0 Å². The smallest absolute Gasteiger partial charge is 0.309 e. The predicted octanol–water partition coefficient (Wildman–Crippen LogP) is 3.31. The lowest BCUT2D eigenvalue weighted by molar-refractivity contribution is -0.191. The molecule has 0 amide bonds. The van der Waals surface area contributed by atoms with Gasteiger partial charge >= 0.3 is 35.8 Å². The first-order valence-electron chi connectivity index (χ1n) is 16.0. The maximum atomic E-state index is 14.7. The minimum atomic E-state index is -2.35. The summed E-state index contributed by atoms with van der Waals surface area (Å²) in [4.78, 5) is 106. The molecule has 1 saturated carbocycles. The minimum Gasteiger partial charge on any atom is -0.458 e. The number of esters is 6. The number of carbonyl (C=O) groups is 8. The second kappa shape index (κ2) is 15.5. The van der Waals surface area contributed by atoms with Crippen LogP contribution < -0.4 is 0 Å². The van der Waals surface area contributed by atoms with Crippen molar-refractivity contribution in [1.29, 1.82) is 0 Å². The third kappa shape index (κ3) is 9.01. The highest BCUT2D eigenvalue weighted by Crippen LogP contribution is 2.54. The fourth-order valence-electron chi connectivity index (χ4n) is 6.33. The summed E-state index contributed by atoms with van der Waals surface area (Å²) in [5, 5.41) is 0. The van der Waals surface area contributed by atoms with Crippen LogP contribution in [0.5, 0.6) is 0 Å². The van der Waals surface area contributed by atoms with Gasteiger partial charge in [-0.25, -0.2) is 0 Å². The number of hydrogen-bond donors (Lipinski definition) is 0. The summed E-state index contributed by atoms with van der Waals surface area (Å²) in [7, 11) is 0. The zero-order chi connectivity index (χ0) is 37.8. The van der Waals surface area contributed by atoms with E-state index in [1.54, 1.807) is 0 Å². The van der Waals surface area contributed by atoms with E-state index < -0.39 is 113 Å². The molecule has 49 heavy (non-hydrogen) atoms. The molecule has 0 aromatic heterocycles. The van der Waals surface area contributed by atoms with Gasteiger partial charge in [0.1, 0.15) is 6.10 Å². The molecule has 0 heterocycles. The molecule has 0 saturated heterocycles. The molecule has 0 bridgehead atoms. The highest BCUT2D eigenvalue weighted by Gasteiger charge is 2.72. The summed E-state index contributed by atoms with van der Waals surface area (Å²) in [5.74, 6) is -10.5. The second-order valence-electron chi connectivity index (χ2n) is 13.6. The molecule has 0 aromatic carbocycles. The van der Waals surface area contributed by atoms with Gasteiger partial charge in [-0.3, -0.25) is 38.4 Å². The van der Waals surface area contributed by atoms with E-state index in [1.165, 1.54) is 60.6 Å². The summed E-state index contributed by atoms with van der Waals surface area (Å²) in [6.07, 6.45) is -5.22. The largest absolute Gasteiger partial charge is 0.458 e. The number of Topliss-reactive ketones (excluding diaryl/α,β-unsaturated/α-hetero) is 2. The highest BCUT2D eigenvalue weighted by atomic mass is 16.6. The highest BCUT2D eigenvalue weighted by molar-refractivity contribution is 5.96. The summed E-state index contributed by atoms with van der Waals surface area (Å²) in [5.41, 5.74) is -6.08. The SMILES string of the molecule is C=C1[C@@H](OC(C)=O)[C@H]2[C@@H](OC(C)=O)[C@](C)(OC(C)=O)C[C@]2(OC(C)=O)C(=O)[C@H](C)/C=C/C(C)(C)C(=O)[C@@H](OC(=O)C(C)C)[C@H]1OC(=O)CC. The van der Waals surface area contributed by atoms with Gasteiger partial charge in [-0.1, -0.05) is 46.4 Å². The number of carbonyl (C=O) groups excluding carboxylic acids is 8. The van der Waals surface area contributed by atoms with Gasteiger partial charge in [-0.2, -0.15) is 0 Å². The van der Waals surface area contributed by atoms with E-state index in [4.69, 9.17) is 28.4 Å². The Morgan fingerprint density at radius 2 is 1.35 bits per heavy atom. The van der Waals surface area contributed by atoms with Crippen LogP contribution in [0.25, 0.3) is 0 Å². The Hall–Kier alpha value is -4.36. The van der Waals surface area contributed by atoms with E-state index in [0.717, 1.165) is 27.7 Å². The number of allylic oxidation sites excluding steroid dienone is 2. The van der Waals surface area contributed by atoms with Gasteiger partial charge in [0.05, 0.1) is 11.8 Å². The van der Waals surface area contributed by atoms with E-state index >= 15 is 0 Å². The number of hydrogen-bond acceptors (Lipinski definition) is 14. The standard InChI is InChI=1S/C35H48O14/c1-13-24(40)46-27-19(5)26(44-20(6)36)25-31(45-21(7)37)34(12,48-22(8)38)16-35(25,49-23(9)39)29(41)18(4)14-15-33(10,11)30(42)28(27)47-32(43)17(2)3/h14-15,17-18,25-28,31H,5,13,16H2,1-4,6-12H3/b15-14+/t18-,25+,26-,27+,28+,31-,34-,35-/m1/s1. The van der Waals surface area contributed by atoms with Gasteiger partial charge in [0.2, 0.25) is 6.10 Å².